The van der Waals surface area contributed by atoms with E-state index in [9.17, 15) is 19.8 Å². The molecule has 0 aromatic carbocycles. The van der Waals surface area contributed by atoms with Crippen LogP contribution in [-0.2, 0) is 9.59 Å². The molecule has 1 fully saturated rings. The van der Waals surface area contributed by atoms with Gasteiger partial charge < -0.3 is 15.5 Å². The summed E-state index contributed by atoms with van der Waals surface area (Å²) in [7, 11) is 0. The van der Waals surface area contributed by atoms with Crippen LogP contribution in [0.15, 0.2) is 0 Å². The van der Waals surface area contributed by atoms with Crippen molar-refractivity contribution in [1.82, 2.24) is 5.32 Å². The predicted molar refractivity (Wildman–Crippen MR) is 71.7 cm³/mol. The Morgan fingerprint density at radius 2 is 1.79 bits per heavy atom. The van der Waals surface area contributed by atoms with Crippen molar-refractivity contribution in [2.75, 3.05) is 0 Å². The summed E-state index contributed by atoms with van der Waals surface area (Å²) < 4.78 is 0. The van der Waals surface area contributed by atoms with Crippen LogP contribution in [-0.4, -0.2) is 34.2 Å². The molecular weight excluding hydrogens is 246 g/mol. The molecule has 0 saturated heterocycles. The average Bonchev–Trinajstić information content (AvgIpc) is 2.38. The number of rotatable bonds is 6. The standard InChI is InChI=1S/C14H25NO4/c1-3-14(4-2,13(18)19)9-12(17)15-10-7-5-6-8-11(10)16/h10-11,16H,3-9H2,1-2H3,(H,15,17)(H,18,19)/t10-,11-/m1/s1. The molecule has 2 atom stereocenters. The minimum atomic E-state index is -0.982. The first-order valence-corrected chi connectivity index (χ1v) is 7.16. The Bertz CT molecular complexity index is 325. The van der Waals surface area contributed by atoms with E-state index in [1.165, 1.54) is 0 Å². The number of carboxylic acids is 1. The number of amides is 1. The van der Waals surface area contributed by atoms with Crippen LogP contribution >= 0.6 is 0 Å². The molecule has 3 N–H and O–H groups in total. The van der Waals surface area contributed by atoms with E-state index in [0.29, 0.717) is 19.3 Å². The monoisotopic (exact) mass is 271 g/mol. The molecule has 19 heavy (non-hydrogen) atoms. The van der Waals surface area contributed by atoms with E-state index in [1.807, 2.05) is 0 Å². The van der Waals surface area contributed by atoms with Crippen LogP contribution in [0, 0.1) is 5.41 Å². The van der Waals surface area contributed by atoms with Crippen molar-refractivity contribution in [1.29, 1.82) is 0 Å². The Hall–Kier alpha value is -1.10. The molecule has 0 spiro atoms. The third-order valence-electron chi connectivity index (χ3n) is 4.38. The maximum absolute atomic E-state index is 12.0. The second-order valence-corrected chi connectivity index (χ2v) is 5.50. The van der Waals surface area contributed by atoms with Crippen LogP contribution in [0.5, 0.6) is 0 Å². The van der Waals surface area contributed by atoms with Gasteiger partial charge in [-0.05, 0) is 25.7 Å². The summed E-state index contributed by atoms with van der Waals surface area (Å²) in [5.41, 5.74) is -0.982. The fourth-order valence-electron chi connectivity index (χ4n) is 2.72. The smallest absolute Gasteiger partial charge is 0.310 e. The molecule has 0 unspecified atom stereocenters. The van der Waals surface area contributed by atoms with Gasteiger partial charge in [-0.1, -0.05) is 26.7 Å². The van der Waals surface area contributed by atoms with Gasteiger partial charge in [0.15, 0.2) is 0 Å². The van der Waals surface area contributed by atoms with E-state index in [-0.39, 0.29) is 18.4 Å². The highest BCUT2D eigenvalue weighted by Gasteiger charge is 2.38. The summed E-state index contributed by atoms with van der Waals surface area (Å²) in [4.78, 5) is 23.4. The number of nitrogens with one attached hydrogen (secondary N) is 1. The predicted octanol–water partition coefficient (Wildman–Crippen LogP) is 1.69. The van der Waals surface area contributed by atoms with Gasteiger partial charge >= 0.3 is 5.97 Å². The number of carbonyl (C=O) groups is 2. The molecule has 0 aromatic rings. The number of carboxylic acid groups (broad SMARTS) is 1. The fourth-order valence-corrected chi connectivity index (χ4v) is 2.72. The van der Waals surface area contributed by atoms with E-state index in [0.717, 1.165) is 19.3 Å². The zero-order valence-corrected chi connectivity index (χ0v) is 11.8. The van der Waals surface area contributed by atoms with E-state index in [2.05, 4.69) is 5.32 Å². The van der Waals surface area contributed by atoms with Crippen molar-refractivity contribution in [3.63, 3.8) is 0 Å². The van der Waals surface area contributed by atoms with Crippen LogP contribution in [0.2, 0.25) is 0 Å². The number of carbonyl (C=O) groups excluding carboxylic acids is 1. The maximum Gasteiger partial charge on any atom is 0.310 e. The molecule has 1 saturated carbocycles. The topological polar surface area (TPSA) is 86.6 Å². The lowest BCUT2D eigenvalue weighted by Crippen LogP contribution is -2.47. The minimum absolute atomic E-state index is 0.0153. The molecule has 110 valence electrons. The van der Waals surface area contributed by atoms with Crippen molar-refractivity contribution in [3.05, 3.63) is 0 Å². The van der Waals surface area contributed by atoms with E-state index >= 15 is 0 Å². The van der Waals surface area contributed by atoms with Crippen molar-refractivity contribution >= 4 is 11.9 Å². The SMILES string of the molecule is CCC(CC)(CC(=O)N[C@@H]1CCCC[C@H]1O)C(=O)O. The number of hydrogen-bond donors (Lipinski definition) is 3. The minimum Gasteiger partial charge on any atom is -0.481 e. The molecule has 1 aliphatic carbocycles. The van der Waals surface area contributed by atoms with Crippen LogP contribution in [0.4, 0.5) is 0 Å². The number of aliphatic hydroxyl groups excluding tert-OH is 1. The Labute approximate surface area is 114 Å². The van der Waals surface area contributed by atoms with Gasteiger partial charge in [0.2, 0.25) is 5.91 Å². The van der Waals surface area contributed by atoms with Gasteiger partial charge in [-0.3, -0.25) is 9.59 Å². The van der Waals surface area contributed by atoms with Gasteiger partial charge in [-0.15, -0.1) is 0 Å². The highest BCUT2D eigenvalue weighted by molar-refractivity contribution is 5.85. The summed E-state index contributed by atoms with van der Waals surface area (Å²) in [5.74, 6) is -1.19. The van der Waals surface area contributed by atoms with Gasteiger partial charge in [0.1, 0.15) is 0 Å². The zero-order valence-electron chi connectivity index (χ0n) is 11.8. The lowest BCUT2D eigenvalue weighted by molar-refractivity contribution is -0.152. The molecule has 5 heteroatoms. The van der Waals surface area contributed by atoms with Gasteiger partial charge in [0.25, 0.3) is 0 Å². The second-order valence-electron chi connectivity index (χ2n) is 5.50. The molecule has 5 nitrogen and oxygen atoms in total. The molecule has 0 aliphatic heterocycles. The Balaban J connectivity index is 2.60. The lowest BCUT2D eigenvalue weighted by Gasteiger charge is -2.31. The van der Waals surface area contributed by atoms with Crippen molar-refractivity contribution < 1.29 is 19.8 Å². The number of aliphatic carboxylic acids is 1. The lowest BCUT2D eigenvalue weighted by atomic mass is 9.79. The van der Waals surface area contributed by atoms with Crippen LogP contribution in [0.25, 0.3) is 0 Å². The quantitative estimate of drug-likeness (QED) is 0.686. The maximum atomic E-state index is 12.0. The fraction of sp³-hybridized carbons (Fsp3) is 0.857. The Kier molecular flexibility index (Phi) is 5.79. The van der Waals surface area contributed by atoms with Crippen molar-refractivity contribution in [2.45, 2.75) is 70.9 Å². The molecule has 0 radical (unpaired) electrons. The molecule has 0 heterocycles. The highest BCUT2D eigenvalue weighted by Crippen LogP contribution is 2.31. The Morgan fingerprint density at radius 3 is 2.26 bits per heavy atom. The van der Waals surface area contributed by atoms with Crippen molar-refractivity contribution in [2.24, 2.45) is 5.41 Å². The zero-order chi connectivity index (χ0) is 14.5. The summed E-state index contributed by atoms with van der Waals surface area (Å²) in [6.07, 6.45) is 3.80. The van der Waals surface area contributed by atoms with E-state index in [1.54, 1.807) is 13.8 Å². The second kappa shape index (κ2) is 6.89. The van der Waals surface area contributed by atoms with Gasteiger partial charge in [-0.2, -0.15) is 0 Å². The first-order chi connectivity index (χ1) is 8.95. The molecule has 1 aliphatic rings. The summed E-state index contributed by atoms with van der Waals surface area (Å²) in [6, 6.07) is -0.221. The van der Waals surface area contributed by atoms with E-state index < -0.39 is 17.5 Å². The average molecular weight is 271 g/mol. The Morgan fingerprint density at radius 1 is 1.21 bits per heavy atom. The molecular formula is C14H25NO4. The molecule has 0 aromatic heterocycles. The summed E-state index contributed by atoms with van der Waals surface area (Å²) in [6.45, 7) is 3.58. The summed E-state index contributed by atoms with van der Waals surface area (Å²) >= 11 is 0. The first-order valence-electron chi connectivity index (χ1n) is 7.16. The van der Waals surface area contributed by atoms with Crippen molar-refractivity contribution in [3.8, 4) is 0 Å². The van der Waals surface area contributed by atoms with Gasteiger partial charge in [0, 0.05) is 6.42 Å². The largest absolute Gasteiger partial charge is 0.481 e. The van der Waals surface area contributed by atoms with Gasteiger partial charge in [0.05, 0.1) is 17.6 Å². The van der Waals surface area contributed by atoms with Gasteiger partial charge in [-0.25, -0.2) is 0 Å². The number of hydrogen-bond acceptors (Lipinski definition) is 3. The van der Waals surface area contributed by atoms with Crippen LogP contribution in [0.3, 0.4) is 0 Å². The molecule has 1 rings (SSSR count). The normalized spacial score (nSPS) is 23.9. The third-order valence-corrected chi connectivity index (χ3v) is 4.38. The van der Waals surface area contributed by atoms with Crippen LogP contribution in [0.1, 0.15) is 58.8 Å². The molecule has 0 bridgehead atoms. The van der Waals surface area contributed by atoms with Crippen LogP contribution < -0.4 is 5.32 Å². The first kappa shape index (κ1) is 16.0. The number of aliphatic hydroxyl groups is 1. The van der Waals surface area contributed by atoms with E-state index in [4.69, 9.17) is 0 Å². The highest BCUT2D eigenvalue weighted by atomic mass is 16.4. The molecule has 1 amide bonds. The summed E-state index contributed by atoms with van der Waals surface area (Å²) in [5, 5.41) is 21.9. The third kappa shape index (κ3) is 3.93.